The molecule has 1 fully saturated rings. The minimum absolute atomic E-state index is 0.245. The van der Waals surface area contributed by atoms with Gasteiger partial charge < -0.3 is 9.64 Å². The summed E-state index contributed by atoms with van der Waals surface area (Å²) in [5.41, 5.74) is 4.39. The van der Waals surface area contributed by atoms with E-state index in [1.165, 1.54) is 22.9 Å². The molecule has 1 atom stereocenters. The molecule has 1 unspecified atom stereocenters. The fraction of sp³-hybridized carbons (Fsp3) is 0.435. The van der Waals surface area contributed by atoms with E-state index in [9.17, 15) is 4.39 Å². The summed E-state index contributed by atoms with van der Waals surface area (Å²) in [6.45, 7) is 8.55. The fourth-order valence-corrected chi connectivity index (χ4v) is 4.22. The number of aryl methyl sites for hydroxylation is 2. The Bertz CT molecular complexity index is 1010. The summed E-state index contributed by atoms with van der Waals surface area (Å²) in [6.07, 6.45) is 0. The van der Waals surface area contributed by atoms with Gasteiger partial charge in [-0.3, -0.25) is 4.90 Å². The normalized spacial score (nSPS) is 15.9. The first kappa shape index (κ1) is 21.4. The smallest absolute Gasteiger partial charge is 0.173 e. The largest absolute Gasteiger partial charge is 0.383 e. The Morgan fingerprint density at radius 3 is 2.58 bits per heavy atom. The van der Waals surface area contributed by atoms with E-state index in [2.05, 4.69) is 57.4 Å². The van der Waals surface area contributed by atoms with Crippen molar-refractivity contribution in [2.45, 2.75) is 26.4 Å². The molecule has 0 N–H and O–H groups in total. The number of hydrogen-bond acceptors (Lipinski definition) is 6. The fourth-order valence-electron chi connectivity index (χ4n) is 4.22. The molecule has 2 heterocycles. The van der Waals surface area contributed by atoms with Gasteiger partial charge in [0, 0.05) is 44.5 Å². The number of ether oxygens (including phenoxy) is 1. The Labute approximate surface area is 182 Å². The monoisotopic (exact) mass is 424 g/mol. The van der Waals surface area contributed by atoms with Gasteiger partial charge in [-0.05, 0) is 47.5 Å². The number of nitrogens with zero attached hydrogens (tertiary/aromatic N) is 6. The van der Waals surface area contributed by atoms with E-state index < -0.39 is 0 Å². The van der Waals surface area contributed by atoms with E-state index in [0.717, 1.165) is 26.2 Å². The number of hydrogen-bond donors (Lipinski definition) is 0. The number of aromatic nitrogens is 4. The number of rotatable bonds is 7. The number of methoxy groups -OCH3 is 1. The lowest BCUT2D eigenvalue weighted by molar-refractivity contribution is 0.171. The molecule has 0 spiro atoms. The molecule has 1 aliphatic rings. The third kappa shape index (κ3) is 4.60. The van der Waals surface area contributed by atoms with E-state index in [0.29, 0.717) is 24.5 Å². The van der Waals surface area contributed by atoms with Crippen LogP contribution in [0.2, 0.25) is 0 Å². The number of tetrazole rings is 1. The first-order chi connectivity index (χ1) is 15.1. The summed E-state index contributed by atoms with van der Waals surface area (Å²) in [5, 5.41) is 12.3. The highest BCUT2D eigenvalue weighted by molar-refractivity contribution is 5.55. The Morgan fingerprint density at radius 1 is 1.06 bits per heavy atom. The van der Waals surface area contributed by atoms with Crippen molar-refractivity contribution in [3.63, 3.8) is 0 Å². The molecular weight excluding hydrogens is 395 g/mol. The van der Waals surface area contributed by atoms with Gasteiger partial charge in [-0.2, -0.15) is 0 Å². The van der Waals surface area contributed by atoms with Crippen LogP contribution in [0.25, 0.3) is 0 Å². The van der Waals surface area contributed by atoms with Crippen LogP contribution >= 0.6 is 0 Å². The summed E-state index contributed by atoms with van der Waals surface area (Å²) in [5.74, 6) is 0.396. The molecule has 0 amide bonds. The minimum atomic E-state index is -0.353. The zero-order valence-electron chi connectivity index (χ0n) is 18.3. The number of piperazine rings is 1. The Kier molecular flexibility index (Phi) is 6.58. The standard InChI is InChI=1S/C23H29FN6O/c1-17-8-9-18(2)21(16-17)28-10-12-29(13-11-28)22(19-6-4-5-7-20(19)24)23-25-26-27-30(23)14-15-31-3/h4-9,16,22H,10-15H2,1-3H3. The van der Waals surface area contributed by atoms with Crippen molar-refractivity contribution in [3.05, 3.63) is 70.8 Å². The van der Waals surface area contributed by atoms with Crippen molar-refractivity contribution >= 4 is 5.69 Å². The van der Waals surface area contributed by atoms with Crippen molar-refractivity contribution in [2.75, 3.05) is 44.8 Å². The lowest BCUT2D eigenvalue weighted by Gasteiger charge is -2.40. The van der Waals surface area contributed by atoms with Crippen LogP contribution in [0.5, 0.6) is 0 Å². The molecule has 8 heteroatoms. The predicted octanol–water partition coefficient (Wildman–Crippen LogP) is 2.99. The average Bonchev–Trinajstić information content (AvgIpc) is 3.24. The SMILES string of the molecule is COCCn1nnnc1C(c1ccccc1F)N1CCN(c2cc(C)ccc2C)CC1. The maximum atomic E-state index is 14.9. The first-order valence-electron chi connectivity index (χ1n) is 10.6. The molecule has 1 aromatic heterocycles. The predicted molar refractivity (Wildman–Crippen MR) is 118 cm³/mol. The second-order valence-corrected chi connectivity index (χ2v) is 7.99. The molecule has 1 saturated heterocycles. The van der Waals surface area contributed by atoms with Crippen LogP contribution in [0.15, 0.2) is 42.5 Å². The zero-order chi connectivity index (χ0) is 21.8. The summed E-state index contributed by atoms with van der Waals surface area (Å²) in [4.78, 5) is 4.68. The van der Waals surface area contributed by atoms with Crippen LogP contribution in [0, 0.1) is 19.7 Å². The van der Waals surface area contributed by atoms with Crippen molar-refractivity contribution in [1.29, 1.82) is 0 Å². The highest BCUT2D eigenvalue weighted by Crippen LogP contribution is 2.31. The van der Waals surface area contributed by atoms with E-state index in [4.69, 9.17) is 4.74 Å². The molecule has 31 heavy (non-hydrogen) atoms. The van der Waals surface area contributed by atoms with Crippen LogP contribution in [0.4, 0.5) is 10.1 Å². The second kappa shape index (κ2) is 9.53. The van der Waals surface area contributed by atoms with E-state index in [-0.39, 0.29) is 11.9 Å². The van der Waals surface area contributed by atoms with Gasteiger partial charge in [-0.1, -0.05) is 30.3 Å². The molecule has 164 valence electrons. The molecule has 4 rings (SSSR count). The highest BCUT2D eigenvalue weighted by Gasteiger charge is 2.32. The molecule has 2 aromatic carbocycles. The minimum Gasteiger partial charge on any atom is -0.383 e. The lowest BCUT2D eigenvalue weighted by atomic mass is 10.0. The van der Waals surface area contributed by atoms with Gasteiger partial charge in [-0.15, -0.1) is 5.10 Å². The Balaban J connectivity index is 1.61. The number of anilines is 1. The van der Waals surface area contributed by atoms with E-state index in [1.54, 1.807) is 17.9 Å². The first-order valence-corrected chi connectivity index (χ1v) is 10.6. The summed E-state index contributed by atoms with van der Waals surface area (Å²) < 4.78 is 21.8. The second-order valence-electron chi connectivity index (χ2n) is 7.99. The molecule has 7 nitrogen and oxygen atoms in total. The Morgan fingerprint density at radius 2 is 1.84 bits per heavy atom. The van der Waals surface area contributed by atoms with Gasteiger partial charge in [0.1, 0.15) is 11.9 Å². The topological polar surface area (TPSA) is 59.3 Å². The van der Waals surface area contributed by atoms with Crippen molar-refractivity contribution in [2.24, 2.45) is 0 Å². The quantitative estimate of drug-likeness (QED) is 0.581. The molecule has 1 aliphatic heterocycles. The van der Waals surface area contributed by atoms with Crippen molar-refractivity contribution in [3.8, 4) is 0 Å². The molecule has 0 bridgehead atoms. The summed E-state index contributed by atoms with van der Waals surface area (Å²) in [6, 6.07) is 13.1. The number of halogens is 1. The van der Waals surface area contributed by atoms with Crippen LogP contribution in [-0.2, 0) is 11.3 Å². The van der Waals surface area contributed by atoms with Gasteiger partial charge in [0.15, 0.2) is 5.82 Å². The van der Waals surface area contributed by atoms with Crippen LogP contribution in [0.3, 0.4) is 0 Å². The zero-order valence-corrected chi connectivity index (χ0v) is 18.3. The third-order valence-corrected chi connectivity index (χ3v) is 5.90. The molecule has 0 saturated carbocycles. The molecule has 0 aliphatic carbocycles. The third-order valence-electron chi connectivity index (χ3n) is 5.90. The van der Waals surface area contributed by atoms with Crippen LogP contribution < -0.4 is 4.90 Å². The molecule has 3 aromatic rings. The lowest BCUT2D eigenvalue weighted by Crippen LogP contribution is -2.48. The van der Waals surface area contributed by atoms with Crippen LogP contribution in [0.1, 0.15) is 28.6 Å². The van der Waals surface area contributed by atoms with Crippen molar-refractivity contribution < 1.29 is 9.13 Å². The number of benzene rings is 2. The van der Waals surface area contributed by atoms with E-state index in [1.807, 2.05) is 12.1 Å². The van der Waals surface area contributed by atoms with Crippen molar-refractivity contribution in [1.82, 2.24) is 25.1 Å². The van der Waals surface area contributed by atoms with Gasteiger partial charge >= 0.3 is 0 Å². The summed E-state index contributed by atoms with van der Waals surface area (Å²) in [7, 11) is 1.64. The average molecular weight is 425 g/mol. The van der Waals surface area contributed by atoms with Gasteiger partial charge in [0.2, 0.25) is 0 Å². The maximum Gasteiger partial charge on any atom is 0.173 e. The van der Waals surface area contributed by atoms with E-state index >= 15 is 0 Å². The van der Waals surface area contributed by atoms with Gasteiger partial charge in [-0.25, -0.2) is 9.07 Å². The molecule has 0 radical (unpaired) electrons. The summed E-state index contributed by atoms with van der Waals surface area (Å²) >= 11 is 0. The molecular formula is C23H29FN6O. The Hall–Kier alpha value is -2.84. The maximum absolute atomic E-state index is 14.9. The van der Waals surface area contributed by atoms with Crippen LogP contribution in [-0.4, -0.2) is 65.0 Å². The van der Waals surface area contributed by atoms with Gasteiger partial charge in [0.05, 0.1) is 13.2 Å². The van der Waals surface area contributed by atoms with Gasteiger partial charge in [0.25, 0.3) is 0 Å². The highest BCUT2D eigenvalue weighted by atomic mass is 19.1.